The largest absolute Gasteiger partial charge is 0.0891 e. The zero-order valence-corrected chi connectivity index (χ0v) is 15.4. The van der Waals surface area contributed by atoms with E-state index in [0.29, 0.717) is 5.92 Å². The van der Waals surface area contributed by atoms with Gasteiger partial charge < -0.3 is 0 Å². The minimum atomic E-state index is 0.619. The van der Waals surface area contributed by atoms with Gasteiger partial charge in [0.2, 0.25) is 0 Å². The van der Waals surface area contributed by atoms with E-state index < -0.39 is 0 Å². The summed E-state index contributed by atoms with van der Waals surface area (Å²) in [6, 6.07) is 7.91. The minimum Gasteiger partial charge on any atom is -0.0891 e. The quantitative estimate of drug-likeness (QED) is 0.530. The second-order valence-corrected chi connectivity index (χ2v) is 5.83. The van der Waals surface area contributed by atoms with E-state index in [9.17, 15) is 0 Å². The van der Waals surface area contributed by atoms with Crippen molar-refractivity contribution in [3.05, 3.63) is 57.6 Å². The van der Waals surface area contributed by atoms with E-state index in [4.69, 9.17) is 23.2 Å². The molecule has 1 aromatic carbocycles. The number of benzene rings is 1. The summed E-state index contributed by atoms with van der Waals surface area (Å²) < 4.78 is 0. The van der Waals surface area contributed by atoms with Gasteiger partial charge in [-0.05, 0) is 48.5 Å². The van der Waals surface area contributed by atoms with Gasteiger partial charge in [-0.2, -0.15) is 0 Å². The van der Waals surface area contributed by atoms with Gasteiger partial charge in [0, 0.05) is 10.1 Å². The third-order valence-corrected chi connectivity index (χ3v) is 3.76. The second kappa shape index (κ2) is 11.9. The predicted octanol–water partition coefficient (Wildman–Crippen LogP) is 7.41. The number of halogens is 2. The van der Waals surface area contributed by atoms with E-state index in [0.717, 1.165) is 29.3 Å². The molecule has 1 aromatic rings. The Morgan fingerprint density at radius 3 is 2.10 bits per heavy atom. The van der Waals surface area contributed by atoms with Crippen LogP contribution in [0.25, 0.3) is 0 Å². The fourth-order valence-corrected chi connectivity index (χ4v) is 2.38. The van der Waals surface area contributed by atoms with Crippen LogP contribution in [0.3, 0.4) is 0 Å². The van der Waals surface area contributed by atoms with Gasteiger partial charge in [-0.3, -0.25) is 0 Å². The molecule has 0 N–H and O–H groups in total. The topological polar surface area (TPSA) is 0 Å². The lowest BCUT2D eigenvalue weighted by molar-refractivity contribution is 0.771. The van der Waals surface area contributed by atoms with Crippen molar-refractivity contribution in [3.8, 4) is 0 Å². The molecule has 0 saturated carbocycles. The molecule has 2 heteroatoms. The molecule has 118 valence electrons. The highest BCUT2D eigenvalue weighted by Gasteiger charge is 2.05. The molecule has 0 aromatic heterocycles. The Labute approximate surface area is 140 Å². The molecule has 0 fully saturated rings. The summed E-state index contributed by atoms with van der Waals surface area (Å²) in [5, 5.41) is 1.88. The first-order chi connectivity index (χ1) is 10.0. The van der Waals surface area contributed by atoms with Gasteiger partial charge in [0.25, 0.3) is 0 Å². The summed E-state index contributed by atoms with van der Waals surface area (Å²) in [6.45, 7) is 10.5. The van der Waals surface area contributed by atoms with Crippen LogP contribution in [0.4, 0.5) is 0 Å². The third kappa shape index (κ3) is 8.34. The van der Waals surface area contributed by atoms with Crippen LogP contribution in [0.1, 0.15) is 53.0 Å². The molecule has 1 aliphatic carbocycles. The summed E-state index contributed by atoms with van der Waals surface area (Å²) in [6.07, 6.45) is 7.52. The summed E-state index contributed by atoms with van der Waals surface area (Å²) in [5.41, 5.74) is 2.61. The maximum Gasteiger partial charge on any atom is 0.0437 e. The van der Waals surface area contributed by atoms with Crippen molar-refractivity contribution < 1.29 is 0 Å². The first kappa shape index (κ1) is 20.3. The van der Waals surface area contributed by atoms with E-state index >= 15 is 0 Å². The normalized spacial score (nSPS) is 13.3. The van der Waals surface area contributed by atoms with Crippen LogP contribution < -0.4 is 0 Å². The molecule has 0 radical (unpaired) electrons. The summed E-state index contributed by atoms with van der Waals surface area (Å²) in [4.78, 5) is 0. The highest BCUT2D eigenvalue weighted by molar-refractivity contribution is 6.31. The minimum absolute atomic E-state index is 0.619. The van der Waals surface area contributed by atoms with Gasteiger partial charge in [-0.15, -0.1) is 0 Å². The Balaban J connectivity index is 0.000000342. The highest BCUT2D eigenvalue weighted by atomic mass is 35.5. The van der Waals surface area contributed by atoms with Crippen LogP contribution >= 0.6 is 23.2 Å². The fraction of sp³-hybridized carbons (Fsp3) is 0.474. The lowest BCUT2D eigenvalue weighted by Gasteiger charge is -2.11. The van der Waals surface area contributed by atoms with Gasteiger partial charge in [0.15, 0.2) is 0 Å². The summed E-state index contributed by atoms with van der Waals surface area (Å²) in [5.74, 6) is 0.619. The maximum absolute atomic E-state index is 5.88. The molecule has 0 spiro atoms. The second-order valence-electron chi connectivity index (χ2n) is 4.93. The Bertz CT molecular complexity index is 456. The Hall–Kier alpha value is -0.720. The molecule has 0 heterocycles. The highest BCUT2D eigenvalue weighted by Crippen LogP contribution is 2.24. The van der Waals surface area contributed by atoms with Crippen LogP contribution in [-0.2, 0) is 6.42 Å². The van der Waals surface area contributed by atoms with Crippen LogP contribution in [0, 0.1) is 5.92 Å². The molecule has 0 nitrogen and oxygen atoms in total. The Morgan fingerprint density at radius 2 is 1.71 bits per heavy atom. The van der Waals surface area contributed by atoms with Gasteiger partial charge in [-0.1, -0.05) is 82.1 Å². The van der Waals surface area contributed by atoms with Gasteiger partial charge in [0.1, 0.15) is 0 Å². The van der Waals surface area contributed by atoms with Crippen LogP contribution in [-0.4, -0.2) is 0 Å². The van der Waals surface area contributed by atoms with E-state index in [2.05, 4.69) is 32.9 Å². The molecule has 0 aliphatic heterocycles. The first-order valence-corrected chi connectivity index (χ1v) is 8.59. The molecule has 1 aliphatic rings. The van der Waals surface area contributed by atoms with E-state index in [-0.39, 0.29) is 0 Å². The van der Waals surface area contributed by atoms with Gasteiger partial charge >= 0.3 is 0 Å². The van der Waals surface area contributed by atoms with Crippen molar-refractivity contribution in [2.24, 2.45) is 5.92 Å². The van der Waals surface area contributed by atoms with E-state index in [1.54, 1.807) is 0 Å². The molecule has 0 amide bonds. The molecule has 0 bridgehead atoms. The van der Waals surface area contributed by atoms with Crippen molar-refractivity contribution in [1.29, 1.82) is 0 Å². The van der Waals surface area contributed by atoms with Gasteiger partial charge in [0.05, 0.1) is 0 Å². The number of rotatable bonds is 2. The molecule has 0 unspecified atom stereocenters. The predicted molar refractivity (Wildman–Crippen MR) is 98.3 cm³/mol. The van der Waals surface area contributed by atoms with Crippen molar-refractivity contribution in [2.45, 2.75) is 53.9 Å². The van der Waals surface area contributed by atoms with Crippen molar-refractivity contribution in [2.75, 3.05) is 0 Å². The number of aryl methyl sites for hydroxylation is 1. The maximum atomic E-state index is 5.88. The smallest absolute Gasteiger partial charge is 0.0437 e. The summed E-state index contributed by atoms with van der Waals surface area (Å²) >= 11 is 11.7. The molecule has 21 heavy (non-hydrogen) atoms. The van der Waals surface area contributed by atoms with E-state index in [1.165, 1.54) is 11.1 Å². The zero-order valence-electron chi connectivity index (χ0n) is 13.9. The third-order valence-electron chi connectivity index (χ3n) is 3.09. The van der Waals surface area contributed by atoms with Crippen molar-refractivity contribution >= 4 is 23.2 Å². The average Bonchev–Trinajstić information content (AvgIpc) is 2.50. The fourth-order valence-electron chi connectivity index (χ4n) is 1.88. The monoisotopic (exact) mass is 326 g/mol. The molecular weight excluding hydrogens is 299 g/mol. The molecule has 0 atom stereocenters. The zero-order chi connectivity index (χ0) is 16.3. The first-order valence-electron chi connectivity index (χ1n) is 7.84. The van der Waals surface area contributed by atoms with E-state index in [1.807, 2.05) is 38.1 Å². The number of hydrogen-bond acceptors (Lipinski definition) is 0. The standard InChI is InChI=1S/C9H13Cl.C8H9Cl.C2H6/c1-7(2)8-4-3-5-9(10)6-8;1-2-7-5-3-4-6-8(7)9;1-2/h4,6-7H,3,5H2,1-2H3;3-6H,2H2,1H3;1-2H3. The number of allylic oxidation sites excluding steroid dienone is 4. The molecule has 2 rings (SSSR count). The lowest BCUT2D eigenvalue weighted by atomic mass is 9.97. The van der Waals surface area contributed by atoms with Crippen molar-refractivity contribution in [3.63, 3.8) is 0 Å². The molecule has 0 saturated heterocycles. The summed E-state index contributed by atoms with van der Waals surface area (Å²) in [7, 11) is 0. The average molecular weight is 327 g/mol. The van der Waals surface area contributed by atoms with Crippen molar-refractivity contribution in [1.82, 2.24) is 0 Å². The van der Waals surface area contributed by atoms with Gasteiger partial charge in [-0.25, -0.2) is 0 Å². The number of hydrogen-bond donors (Lipinski definition) is 0. The Morgan fingerprint density at radius 1 is 1.10 bits per heavy atom. The van der Waals surface area contributed by atoms with Crippen LogP contribution in [0.15, 0.2) is 47.0 Å². The lowest BCUT2D eigenvalue weighted by Crippen LogP contribution is -1.95. The van der Waals surface area contributed by atoms with Crippen LogP contribution in [0.5, 0.6) is 0 Å². The van der Waals surface area contributed by atoms with Crippen LogP contribution in [0.2, 0.25) is 5.02 Å². The SMILES string of the molecule is CC.CC(C)C1=CCCC(Cl)=C1.CCc1ccccc1Cl. The molecular formula is C19H28Cl2. The Kier molecular flexibility index (Phi) is 11.5.